The van der Waals surface area contributed by atoms with Crippen molar-refractivity contribution in [2.24, 2.45) is 11.8 Å². The first-order valence-corrected chi connectivity index (χ1v) is 12.3. The largest absolute Gasteiger partial charge is 0.328 e. The van der Waals surface area contributed by atoms with Gasteiger partial charge in [0.15, 0.2) is 0 Å². The molecule has 0 bridgehead atoms. The Bertz CT molecular complexity index is 348. The lowest BCUT2D eigenvalue weighted by Crippen LogP contribution is -2.14. The molecule has 0 N–H and O–H groups in total. The molecule has 0 aliphatic heterocycles. The zero-order valence-corrected chi connectivity index (χ0v) is 14.7. The third-order valence-corrected chi connectivity index (χ3v) is 14.5. The molecule has 0 fully saturated rings. The lowest BCUT2D eigenvalue weighted by Gasteiger charge is -2.22. The number of hydrogen-bond donors (Lipinski definition) is 0. The summed E-state index contributed by atoms with van der Waals surface area (Å²) < 4.78 is 5.53. The SMILES string of the molecule is CCC(C)C(CC)CCOS(=S)(=S)[S-](=S)=S. The molecule has 0 amide bonds. The fourth-order valence-corrected chi connectivity index (χ4v) is 3.50. The number of hydrogen-bond acceptors (Lipinski definition) is 6. The van der Waals surface area contributed by atoms with Crippen molar-refractivity contribution >= 4 is 58.3 Å². The minimum Gasteiger partial charge on any atom is -0.328 e. The zero-order valence-electron chi connectivity index (χ0n) is 9.84. The van der Waals surface area contributed by atoms with Crippen molar-refractivity contribution in [1.82, 2.24) is 0 Å². The van der Waals surface area contributed by atoms with Gasteiger partial charge in [-0.1, -0.05) is 33.6 Å². The van der Waals surface area contributed by atoms with Crippen LogP contribution in [0, 0.1) is 11.8 Å². The van der Waals surface area contributed by atoms with E-state index in [9.17, 15) is 0 Å². The molecular formula is C9H19OS6-. The Morgan fingerprint density at radius 3 is 2.12 bits per heavy atom. The van der Waals surface area contributed by atoms with Gasteiger partial charge in [0.25, 0.3) is 0 Å². The molecule has 0 spiro atoms. The molecule has 0 saturated carbocycles. The van der Waals surface area contributed by atoms with Gasteiger partial charge in [-0.2, -0.15) is 0 Å². The van der Waals surface area contributed by atoms with E-state index in [4.69, 9.17) is 48.9 Å². The minimum atomic E-state index is -2.01. The Hall–Kier alpha value is 1.54. The van der Waals surface area contributed by atoms with Crippen LogP contribution in [0.3, 0.4) is 0 Å². The molecule has 0 aromatic rings. The summed E-state index contributed by atoms with van der Waals surface area (Å²) in [5.41, 5.74) is 0. The van der Waals surface area contributed by atoms with Crippen LogP contribution < -0.4 is 0 Å². The van der Waals surface area contributed by atoms with Crippen LogP contribution in [-0.2, 0) is 62.4 Å². The Kier molecular flexibility index (Phi) is 9.44. The molecule has 0 aromatic heterocycles. The third-order valence-electron chi connectivity index (χ3n) is 2.86. The normalized spacial score (nSPS) is 16.2. The maximum atomic E-state index is 5.53. The summed E-state index contributed by atoms with van der Waals surface area (Å²) in [4.78, 5) is 0. The summed E-state index contributed by atoms with van der Waals surface area (Å²) >= 11 is 20.1. The molecule has 0 saturated heterocycles. The summed E-state index contributed by atoms with van der Waals surface area (Å²) in [6.45, 7) is 5.31. The fourth-order valence-electron chi connectivity index (χ4n) is 1.57. The fraction of sp³-hybridized carbons (Fsp3) is 1.00. The van der Waals surface area contributed by atoms with Gasteiger partial charge in [0, 0.05) is 0 Å². The topological polar surface area (TPSA) is 9.23 Å². The summed E-state index contributed by atoms with van der Waals surface area (Å²) in [6.07, 6.45) is 3.38. The van der Waals surface area contributed by atoms with E-state index in [0.717, 1.165) is 12.3 Å². The first-order valence-electron chi connectivity index (χ1n) is 5.34. The maximum Gasteiger partial charge on any atom is 0.0600 e. The second kappa shape index (κ2) is 8.61. The van der Waals surface area contributed by atoms with Gasteiger partial charge in [-0.25, -0.2) is 22.4 Å². The quantitative estimate of drug-likeness (QED) is 0.497. The smallest absolute Gasteiger partial charge is 0.0600 e. The highest BCUT2D eigenvalue weighted by Gasteiger charge is 2.13. The van der Waals surface area contributed by atoms with E-state index in [0.29, 0.717) is 12.5 Å². The molecule has 1 nitrogen and oxygen atoms in total. The summed E-state index contributed by atoms with van der Waals surface area (Å²) in [6, 6.07) is 0. The Morgan fingerprint density at radius 2 is 1.75 bits per heavy atom. The van der Waals surface area contributed by atoms with Crippen LogP contribution in [-0.4, -0.2) is 6.61 Å². The molecular weight excluding hydrogens is 316 g/mol. The molecule has 0 aliphatic rings. The van der Waals surface area contributed by atoms with E-state index in [1.807, 2.05) is 0 Å². The Balaban J connectivity index is 4.16. The molecule has 0 heterocycles. The Labute approximate surface area is 120 Å². The molecule has 0 aliphatic carbocycles. The molecule has 16 heavy (non-hydrogen) atoms. The predicted octanol–water partition coefficient (Wildman–Crippen LogP) is 2.92. The van der Waals surface area contributed by atoms with Gasteiger partial charge in [-0.15, -0.1) is 0 Å². The van der Waals surface area contributed by atoms with Crippen LogP contribution in [0.1, 0.15) is 40.0 Å². The number of rotatable bonds is 8. The van der Waals surface area contributed by atoms with Crippen molar-refractivity contribution in [2.75, 3.05) is 6.61 Å². The van der Waals surface area contributed by atoms with Crippen molar-refractivity contribution in [3.05, 3.63) is 0 Å². The van der Waals surface area contributed by atoms with Crippen LogP contribution in [0.25, 0.3) is 0 Å². The van der Waals surface area contributed by atoms with E-state index >= 15 is 0 Å². The average molecular weight is 336 g/mol. The van der Waals surface area contributed by atoms with Crippen molar-refractivity contribution < 1.29 is 4.18 Å². The lowest BCUT2D eigenvalue weighted by atomic mass is 9.87. The van der Waals surface area contributed by atoms with Crippen molar-refractivity contribution in [3.8, 4) is 0 Å². The maximum absolute atomic E-state index is 5.53. The first-order chi connectivity index (χ1) is 7.35. The second-order valence-corrected chi connectivity index (χ2v) is 16.3. The summed E-state index contributed by atoms with van der Waals surface area (Å²) in [5, 5.41) is 0. The summed E-state index contributed by atoms with van der Waals surface area (Å²) in [5.74, 6) is 1.40. The van der Waals surface area contributed by atoms with Crippen LogP contribution in [0.5, 0.6) is 0 Å². The van der Waals surface area contributed by atoms with Gasteiger partial charge in [0.1, 0.15) is 0 Å². The van der Waals surface area contributed by atoms with Crippen LogP contribution in [0.4, 0.5) is 0 Å². The molecule has 0 radical (unpaired) electrons. The third kappa shape index (κ3) is 6.47. The molecule has 0 aromatic carbocycles. The molecule has 2 atom stereocenters. The van der Waals surface area contributed by atoms with Gasteiger partial charge >= 0.3 is 0 Å². The van der Waals surface area contributed by atoms with Crippen molar-refractivity contribution in [1.29, 1.82) is 0 Å². The molecule has 2 unspecified atom stereocenters. The van der Waals surface area contributed by atoms with Gasteiger partial charge in [0.2, 0.25) is 0 Å². The lowest BCUT2D eigenvalue weighted by molar-refractivity contribution is 0.255. The molecule has 98 valence electrons. The highest BCUT2D eigenvalue weighted by molar-refractivity contribution is 9.03. The summed E-state index contributed by atoms with van der Waals surface area (Å²) in [7, 11) is -0.798. The van der Waals surface area contributed by atoms with Crippen molar-refractivity contribution in [2.45, 2.75) is 40.0 Å². The van der Waals surface area contributed by atoms with Gasteiger partial charge in [-0.3, -0.25) is 7.05 Å². The van der Waals surface area contributed by atoms with E-state index in [-0.39, 0.29) is 0 Å². The van der Waals surface area contributed by atoms with E-state index in [2.05, 4.69) is 20.8 Å². The zero-order chi connectivity index (χ0) is 12.8. The van der Waals surface area contributed by atoms with E-state index in [1.54, 1.807) is 0 Å². The van der Waals surface area contributed by atoms with Gasteiger partial charge < -0.3 is 4.18 Å². The molecule has 0 rings (SSSR count). The standard InChI is InChI=1S/C9H19OS6/c1-4-8(3)9(5-2)6-7-10-16(13,14)15(11)12/h8-9H,4-7H2,1-3H3/q-1. The highest BCUT2D eigenvalue weighted by atomic mass is 33.7. The van der Waals surface area contributed by atoms with Gasteiger partial charge in [-0.05, 0) is 47.1 Å². The first kappa shape index (κ1) is 17.5. The van der Waals surface area contributed by atoms with E-state index < -0.39 is 13.5 Å². The monoisotopic (exact) mass is 335 g/mol. The molecule has 7 heteroatoms. The van der Waals surface area contributed by atoms with Crippen LogP contribution in [0.15, 0.2) is 0 Å². The predicted molar refractivity (Wildman–Crippen MR) is 88.0 cm³/mol. The van der Waals surface area contributed by atoms with E-state index in [1.165, 1.54) is 12.8 Å². The highest BCUT2D eigenvalue weighted by Crippen LogP contribution is 2.22. The van der Waals surface area contributed by atoms with Gasteiger partial charge in [0.05, 0.1) is 6.61 Å². The second-order valence-electron chi connectivity index (χ2n) is 3.78. The van der Waals surface area contributed by atoms with Crippen LogP contribution in [0.2, 0.25) is 0 Å². The minimum absolute atomic E-state index is 0.613. The van der Waals surface area contributed by atoms with Crippen LogP contribution >= 0.6 is 0 Å². The average Bonchev–Trinajstić information content (AvgIpc) is 2.23. The van der Waals surface area contributed by atoms with Crippen molar-refractivity contribution in [3.63, 3.8) is 0 Å². The Morgan fingerprint density at radius 1 is 1.19 bits per heavy atom.